The summed E-state index contributed by atoms with van der Waals surface area (Å²) in [5.74, 6) is 0.0513. The van der Waals surface area contributed by atoms with Crippen LogP contribution in [0.4, 0.5) is 0 Å². The van der Waals surface area contributed by atoms with Crippen LogP contribution in [-0.4, -0.2) is 56.3 Å². The molecule has 0 bridgehead atoms. The highest BCUT2D eigenvalue weighted by Crippen LogP contribution is 2.26. The molecule has 0 aliphatic carbocycles. The fraction of sp³-hybridized carbons (Fsp3) is 0.217. The summed E-state index contributed by atoms with van der Waals surface area (Å²) < 4.78 is 1.56. The maximum absolute atomic E-state index is 12.9. The molecule has 1 fully saturated rings. The number of fused-ring (bicyclic) bond motifs is 1. The van der Waals surface area contributed by atoms with E-state index in [2.05, 4.69) is 14.9 Å². The maximum Gasteiger partial charge on any atom is 0.258 e. The topological polar surface area (TPSA) is 70.8 Å². The molecule has 0 saturated carbocycles. The fourth-order valence-electron chi connectivity index (χ4n) is 3.68. The molecule has 1 aromatic carbocycles. The molecule has 1 amide bonds. The molecule has 0 N–H and O–H groups in total. The predicted molar refractivity (Wildman–Crippen MR) is 125 cm³/mol. The Labute approximate surface area is 193 Å². The zero-order chi connectivity index (χ0) is 21.9. The van der Waals surface area contributed by atoms with Crippen molar-refractivity contribution in [2.45, 2.75) is 16.5 Å². The molecule has 0 spiro atoms. The number of carbonyl (C=O) groups is 1. The molecule has 32 heavy (non-hydrogen) atoms. The Morgan fingerprint density at radius 2 is 1.88 bits per heavy atom. The van der Waals surface area contributed by atoms with Gasteiger partial charge in [-0.05, 0) is 36.4 Å². The molecule has 3 aromatic heterocycles. The summed E-state index contributed by atoms with van der Waals surface area (Å²) in [5.41, 5.74) is 1.42. The molecule has 7 nitrogen and oxygen atoms in total. The Kier molecular flexibility index (Phi) is 6.02. The van der Waals surface area contributed by atoms with E-state index in [0.717, 1.165) is 28.7 Å². The van der Waals surface area contributed by atoms with Crippen molar-refractivity contribution < 1.29 is 4.79 Å². The summed E-state index contributed by atoms with van der Waals surface area (Å²) in [6.45, 7) is 3.44. The summed E-state index contributed by atoms with van der Waals surface area (Å²) in [7, 11) is 0. The van der Waals surface area contributed by atoms with Crippen LogP contribution in [0.15, 0.2) is 81.0 Å². The van der Waals surface area contributed by atoms with Gasteiger partial charge in [0.05, 0.1) is 5.69 Å². The Morgan fingerprint density at radius 3 is 2.62 bits per heavy atom. The molecular weight excluding hydrogens is 442 g/mol. The maximum atomic E-state index is 12.9. The number of nitrogens with zero attached hydrogens (tertiary/aromatic N) is 5. The highest BCUT2D eigenvalue weighted by Gasteiger charge is 2.22. The van der Waals surface area contributed by atoms with E-state index in [-0.39, 0.29) is 11.5 Å². The first kappa shape index (κ1) is 20.9. The lowest BCUT2D eigenvalue weighted by molar-refractivity contribution is 0.0627. The van der Waals surface area contributed by atoms with E-state index in [0.29, 0.717) is 30.2 Å². The number of benzene rings is 1. The molecule has 4 aromatic rings. The van der Waals surface area contributed by atoms with Crippen molar-refractivity contribution in [3.63, 3.8) is 0 Å². The molecule has 0 unspecified atom stereocenters. The van der Waals surface area contributed by atoms with Crippen molar-refractivity contribution in [1.82, 2.24) is 24.2 Å². The summed E-state index contributed by atoms with van der Waals surface area (Å²) in [5, 5.41) is 2.79. The van der Waals surface area contributed by atoms with Gasteiger partial charge in [0.1, 0.15) is 5.03 Å². The monoisotopic (exact) mass is 463 g/mol. The van der Waals surface area contributed by atoms with Crippen LogP contribution in [0.2, 0.25) is 0 Å². The molecule has 5 rings (SSSR count). The largest absolute Gasteiger partial charge is 0.336 e. The highest BCUT2D eigenvalue weighted by atomic mass is 32.2. The van der Waals surface area contributed by atoms with Crippen LogP contribution in [0, 0.1) is 0 Å². The third-order valence-corrected chi connectivity index (χ3v) is 7.08. The number of rotatable bonds is 5. The number of hydrogen-bond acceptors (Lipinski definition) is 7. The number of thiazole rings is 1. The van der Waals surface area contributed by atoms with Crippen molar-refractivity contribution in [2.75, 3.05) is 26.2 Å². The molecule has 9 heteroatoms. The second-order valence-electron chi connectivity index (χ2n) is 7.50. The van der Waals surface area contributed by atoms with Crippen LogP contribution in [0.3, 0.4) is 0 Å². The van der Waals surface area contributed by atoms with Gasteiger partial charge < -0.3 is 4.90 Å². The van der Waals surface area contributed by atoms with Gasteiger partial charge in [0.15, 0.2) is 4.96 Å². The minimum atomic E-state index is -0.0512. The average molecular weight is 464 g/mol. The summed E-state index contributed by atoms with van der Waals surface area (Å²) in [6, 6.07) is 15.1. The van der Waals surface area contributed by atoms with Gasteiger partial charge in [-0.2, -0.15) is 0 Å². The fourth-order valence-corrected chi connectivity index (χ4v) is 5.20. The van der Waals surface area contributed by atoms with E-state index >= 15 is 0 Å². The Hall–Kier alpha value is -3.01. The Bertz CT molecular complexity index is 1280. The highest BCUT2D eigenvalue weighted by molar-refractivity contribution is 7.99. The van der Waals surface area contributed by atoms with E-state index in [9.17, 15) is 9.59 Å². The van der Waals surface area contributed by atoms with Crippen LogP contribution < -0.4 is 5.56 Å². The predicted octanol–water partition coefficient (Wildman–Crippen LogP) is 3.26. The lowest BCUT2D eigenvalue weighted by atomic mass is 10.2. The van der Waals surface area contributed by atoms with Crippen molar-refractivity contribution in [2.24, 2.45) is 0 Å². The second kappa shape index (κ2) is 9.23. The molecule has 0 radical (unpaired) electrons. The summed E-state index contributed by atoms with van der Waals surface area (Å²) >= 11 is 3.03. The normalized spacial score (nSPS) is 14.7. The van der Waals surface area contributed by atoms with Gasteiger partial charge >= 0.3 is 0 Å². The molecular formula is C23H21N5O2S2. The zero-order valence-electron chi connectivity index (χ0n) is 17.3. The third kappa shape index (κ3) is 4.59. The molecule has 162 valence electrons. The third-order valence-electron chi connectivity index (χ3n) is 5.36. The van der Waals surface area contributed by atoms with E-state index in [1.165, 1.54) is 11.3 Å². The first-order chi connectivity index (χ1) is 15.7. The number of piperazine rings is 1. The number of hydrogen-bond donors (Lipinski definition) is 0. The molecule has 1 aliphatic rings. The lowest BCUT2D eigenvalue weighted by Crippen LogP contribution is -2.48. The first-order valence-corrected chi connectivity index (χ1v) is 12.0. The van der Waals surface area contributed by atoms with E-state index in [1.54, 1.807) is 34.6 Å². The molecule has 1 saturated heterocycles. The Balaban J connectivity index is 1.17. The molecule has 4 heterocycles. The van der Waals surface area contributed by atoms with Crippen molar-refractivity contribution in [3.8, 4) is 0 Å². The Morgan fingerprint density at radius 1 is 1.06 bits per heavy atom. The van der Waals surface area contributed by atoms with E-state index in [1.807, 2.05) is 52.7 Å². The standard InChI is InChI=1S/C23H21N5O2S2/c29-21-15-18(25-23-28(21)13-14-31-23)16-26-9-11-27(12-10-26)22(30)17-4-6-19(7-5-17)32-20-3-1-2-8-24-20/h1-8,13-15H,9-12,16H2. The smallest absolute Gasteiger partial charge is 0.258 e. The van der Waals surface area contributed by atoms with Crippen molar-refractivity contribution in [3.05, 3.63) is 87.9 Å². The van der Waals surface area contributed by atoms with Gasteiger partial charge in [0.2, 0.25) is 0 Å². The van der Waals surface area contributed by atoms with Crippen molar-refractivity contribution in [1.29, 1.82) is 0 Å². The average Bonchev–Trinajstić information content (AvgIpc) is 3.30. The second-order valence-corrected chi connectivity index (χ2v) is 9.47. The van der Waals surface area contributed by atoms with Crippen LogP contribution in [0.5, 0.6) is 0 Å². The summed E-state index contributed by atoms with van der Waals surface area (Å²) in [4.78, 5) is 39.9. The van der Waals surface area contributed by atoms with Gasteiger partial charge in [0, 0.05) is 67.0 Å². The van der Waals surface area contributed by atoms with Crippen LogP contribution in [0.1, 0.15) is 16.1 Å². The van der Waals surface area contributed by atoms with Crippen LogP contribution >= 0.6 is 23.1 Å². The quantitative estimate of drug-likeness (QED) is 0.453. The minimum Gasteiger partial charge on any atom is -0.336 e. The minimum absolute atomic E-state index is 0.0512. The van der Waals surface area contributed by atoms with Gasteiger partial charge in [-0.1, -0.05) is 17.8 Å². The summed E-state index contributed by atoms with van der Waals surface area (Å²) in [6.07, 6.45) is 3.52. The number of aromatic nitrogens is 3. The van der Waals surface area contributed by atoms with Crippen LogP contribution in [-0.2, 0) is 6.54 Å². The van der Waals surface area contributed by atoms with Gasteiger partial charge in [-0.3, -0.25) is 18.9 Å². The molecule has 1 aliphatic heterocycles. The molecule has 0 atom stereocenters. The van der Waals surface area contributed by atoms with Crippen LogP contribution in [0.25, 0.3) is 4.96 Å². The lowest BCUT2D eigenvalue weighted by Gasteiger charge is -2.34. The van der Waals surface area contributed by atoms with E-state index in [4.69, 9.17) is 0 Å². The number of carbonyl (C=O) groups excluding carboxylic acids is 1. The van der Waals surface area contributed by atoms with E-state index < -0.39 is 0 Å². The van der Waals surface area contributed by atoms with Gasteiger partial charge in [-0.25, -0.2) is 9.97 Å². The van der Waals surface area contributed by atoms with Gasteiger partial charge in [0.25, 0.3) is 11.5 Å². The van der Waals surface area contributed by atoms with Crippen molar-refractivity contribution >= 4 is 34.0 Å². The number of amides is 1. The first-order valence-electron chi connectivity index (χ1n) is 10.3. The van der Waals surface area contributed by atoms with Gasteiger partial charge in [-0.15, -0.1) is 11.3 Å². The number of pyridine rings is 1. The SMILES string of the molecule is O=C(c1ccc(Sc2ccccn2)cc1)N1CCN(Cc2cc(=O)n3ccsc3n2)CC1. The zero-order valence-corrected chi connectivity index (χ0v) is 18.9.